The maximum Gasteiger partial charge on any atom is 0.408 e. The monoisotopic (exact) mass is 341 g/mol. The number of nitrogens with one attached hydrogen (secondary N) is 1. The van der Waals surface area contributed by atoms with Gasteiger partial charge in [0.1, 0.15) is 5.60 Å². The highest BCUT2D eigenvalue weighted by atomic mass is 32.2. The molecule has 0 heterocycles. The van der Waals surface area contributed by atoms with Crippen molar-refractivity contribution in [1.82, 2.24) is 5.32 Å². The van der Waals surface area contributed by atoms with Gasteiger partial charge in [-0.25, -0.2) is 13.2 Å². The molecule has 1 aromatic carbocycles. The van der Waals surface area contributed by atoms with Crippen LogP contribution in [0.2, 0.25) is 0 Å². The van der Waals surface area contributed by atoms with Crippen LogP contribution in [0.3, 0.4) is 0 Å². The van der Waals surface area contributed by atoms with Crippen molar-refractivity contribution in [3.8, 4) is 0 Å². The van der Waals surface area contributed by atoms with Gasteiger partial charge in [-0.1, -0.05) is 12.1 Å². The Morgan fingerprint density at radius 3 is 2.30 bits per heavy atom. The quantitative estimate of drug-likeness (QED) is 0.856. The highest BCUT2D eigenvalue weighted by Crippen LogP contribution is 2.33. The topological polar surface area (TPSA) is 92.7 Å². The summed E-state index contributed by atoms with van der Waals surface area (Å²) in [6, 6.07) is 5.59. The predicted molar refractivity (Wildman–Crippen MR) is 85.8 cm³/mol. The molecule has 2 rings (SSSR count). The van der Waals surface area contributed by atoms with E-state index in [-0.39, 0.29) is 16.8 Å². The highest BCUT2D eigenvalue weighted by Gasteiger charge is 2.36. The Bertz CT molecular complexity index is 657. The van der Waals surface area contributed by atoms with Crippen molar-refractivity contribution >= 4 is 15.9 Å². The van der Waals surface area contributed by atoms with Gasteiger partial charge in [0, 0.05) is 0 Å². The fourth-order valence-corrected chi connectivity index (χ4v) is 3.80. The molecule has 23 heavy (non-hydrogen) atoms. The zero-order valence-corrected chi connectivity index (χ0v) is 14.4. The Balaban J connectivity index is 2.08. The number of aliphatic hydroxyl groups is 1. The summed E-state index contributed by atoms with van der Waals surface area (Å²) in [4.78, 5) is 12.1. The normalized spacial score (nSPS) is 16.7. The number of ether oxygens (including phenoxy) is 1. The number of hydrogen-bond donors (Lipinski definition) is 2. The molecule has 1 atom stereocenters. The van der Waals surface area contributed by atoms with E-state index in [0.717, 1.165) is 0 Å². The number of hydrogen-bond acceptors (Lipinski definition) is 5. The average molecular weight is 341 g/mol. The average Bonchev–Trinajstić information content (AvgIpc) is 3.28. The van der Waals surface area contributed by atoms with Crippen molar-refractivity contribution in [2.75, 3.05) is 6.61 Å². The first kappa shape index (κ1) is 17.7. The van der Waals surface area contributed by atoms with Gasteiger partial charge in [-0.05, 0) is 51.3 Å². The number of alkyl carbamates (subject to hydrolysis) is 1. The minimum Gasteiger partial charge on any atom is -0.444 e. The maximum absolute atomic E-state index is 12.1. The van der Waals surface area contributed by atoms with Crippen molar-refractivity contribution in [2.24, 2.45) is 0 Å². The fraction of sp³-hybridized carbons (Fsp3) is 0.562. The summed E-state index contributed by atoms with van der Waals surface area (Å²) in [6.45, 7) is 4.93. The van der Waals surface area contributed by atoms with Crippen LogP contribution in [0.1, 0.15) is 45.2 Å². The van der Waals surface area contributed by atoms with Gasteiger partial charge in [0.25, 0.3) is 0 Å². The number of benzene rings is 1. The molecule has 0 aromatic heterocycles. The summed E-state index contributed by atoms with van der Waals surface area (Å²) in [5.74, 6) is 0. The molecule has 2 N–H and O–H groups in total. The van der Waals surface area contributed by atoms with Crippen LogP contribution >= 0.6 is 0 Å². The molecule has 7 heteroatoms. The number of sulfone groups is 1. The summed E-state index contributed by atoms with van der Waals surface area (Å²) in [5, 5.41) is 11.8. The van der Waals surface area contributed by atoms with E-state index in [2.05, 4.69) is 5.32 Å². The van der Waals surface area contributed by atoms with E-state index in [1.165, 1.54) is 12.1 Å². The van der Waals surface area contributed by atoms with E-state index in [4.69, 9.17) is 4.74 Å². The van der Waals surface area contributed by atoms with Crippen molar-refractivity contribution in [1.29, 1.82) is 0 Å². The second-order valence-electron chi connectivity index (χ2n) is 6.69. The third-order valence-corrected chi connectivity index (χ3v) is 5.73. The molecule has 0 aliphatic heterocycles. The summed E-state index contributed by atoms with van der Waals surface area (Å²) >= 11 is 0. The van der Waals surface area contributed by atoms with Crippen molar-refractivity contribution in [3.63, 3.8) is 0 Å². The molecular weight excluding hydrogens is 318 g/mol. The van der Waals surface area contributed by atoms with Gasteiger partial charge in [0.15, 0.2) is 9.84 Å². The van der Waals surface area contributed by atoms with Crippen LogP contribution in [0.4, 0.5) is 4.79 Å². The molecule has 1 amide bonds. The molecule has 1 saturated carbocycles. The van der Waals surface area contributed by atoms with Crippen LogP contribution in [-0.4, -0.2) is 37.1 Å². The Kier molecular flexibility index (Phi) is 5.01. The molecule has 0 saturated heterocycles. The molecule has 1 aliphatic rings. The Labute approximate surface area is 136 Å². The first-order valence-electron chi connectivity index (χ1n) is 7.58. The first-order chi connectivity index (χ1) is 10.6. The van der Waals surface area contributed by atoms with Crippen molar-refractivity contribution < 1.29 is 23.1 Å². The molecule has 0 radical (unpaired) electrons. The van der Waals surface area contributed by atoms with Gasteiger partial charge in [-0.2, -0.15) is 0 Å². The molecule has 0 bridgehead atoms. The summed E-state index contributed by atoms with van der Waals surface area (Å²) in [7, 11) is -3.24. The molecule has 1 fully saturated rings. The summed E-state index contributed by atoms with van der Waals surface area (Å²) in [5.41, 5.74) is -0.0140. The Hall–Kier alpha value is -1.60. The van der Waals surface area contributed by atoms with Gasteiger partial charge in [0.05, 0.1) is 22.8 Å². The van der Waals surface area contributed by atoms with Crippen LogP contribution in [0.5, 0.6) is 0 Å². The lowest BCUT2D eigenvalue weighted by Crippen LogP contribution is -2.36. The zero-order valence-electron chi connectivity index (χ0n) is 13.6. The van der Waals surface area contributed by atoms with E-state index in [1.54, 1.807) is 32.9 Å². The smallest absolute Gasteiger partial charge is 0.408 e. The Morgan fingerprint density at radius 1 is 1.30 bits per heavy atom. The summed E-state index contributed by atoms with van der Waals surface area (Å²) < 4.78 is 29.4. The Morgan fingerprint density at radius 2 is 1.87 bits per heavy atom. The standard InChI is InChI=1S/C16H23NO5S/c1-16(2,3)22-15(19)17-14(10-18)11-4-6-12(7-5-11)23(20,21)13-8-9-13/h4-7,13-14,18H,8-10H2,1-3H3,(H,17,19)/t14-/m0/s1. The minimum atomic E-state index is -3.24. The molecular formula is C16H23NO5S. The third kappa shape index (κ3) is 4.68. The van der Waals surface area contributed by atoms with Crippen LogP contribution in [-0.2, 0) is 14.6 Å². The second kappa shape index (κ2) is 6.49. The maximum atomic E-state index is 12.1. The lowest BCUT2D eigenvalue weighted by atomic mass is 10.1. The SMILES string of the molecule is CC(C)(C)OC(=O)N[C@@H](CO)c1ccc(S(=O)(=O)C2CC2)cc1. The van der Waals surface area contributed by atoms with E-state index in [0.29, 0.717) is 18.4 Å². The van der Waals surface area contributed by atoms with E-state index < -0.39 is 27.6 Å². The van der Waals surface area contributed by atoms with E-state index in [9.17, 15) is 18.3 Å². The number of amides is 1. The molecule has 1 aliphatic carbocycles. The van der Waals surface area contributed by atoms with Gasteiger partial charge in [-0.15, -0.1) is 0 Å². The number of aliphatic hydroxyl groups excluding tert-OH is 1. The van der Waals surface area contributed by atoms with Crippen LogP contribution in [0.15, 0.2) is 29.2 Å². The molecule has 0 spiro atoms. The molecule has 128 valence electrons. The predicted octanol–water partition coefficient (Wildman–Crippen LogP) is 2.18. The number of carbonyl (C=O) groups is 1. The van der Waals surface area contributed by atoms with Crippen LogP contribution < -0.4 is 5.32 Å². The largest absolute Gasteiger partial charge is 0.444 e. The fourth-order valence-electron chi connectivity index (χ4n) is 2.14. The molecule has 0 unspecified atom stereocenters. The van der Waals surface area contributed by atoms with Crippen LogP contribution in [0, 0.1) is 0 Å². The lowest BCUT2D eigenvalue weighted by molar-refractivity contribution is 0.0482. The van der Waals surface area contributed by atoms with Gasteiger partial charge in [-0.3, -0.25) is 0 Å². The third-order valence-electron chi connectivity index (χ3n) is 3.45. The first-order valence-corrected chi connectivity index (χ1v) is 9.12. The molecule has 6 nitrogen and oxygen atoms in total. The van der Waals surface area contributed by atoms with E-state index >= 15 is 0 Å². The highest BCUT2D eigenvalue weighted by molar-refractivity contribution is 7.92. The molecule has 1 aromatic rings. The summed E-state index contributed by atoms with van der Waals surface area (Å²) in [6.07, 6.45) is 0.791. The number of rotatable bonds is 5. The van der Waals surface area contributed by atoms with Crippen LogP contribution in [0.25, 0.3) is 0 Å². The lowest BCUT2D eigenvalue weighted by Gasteiger charge is -2.23. The minimum absolute atomic E-state index is 0.262. The van der Waals surface area contributed by atoms with E-state index in [1.807, 2.05) is 0 Å². The van der Waals surface area contributed by atoms with Gasteiger partial charge < -0.3 is 15.2 Å². The second-order valence-corrected chi connectivity index (χ2v) is 8.92. The zero-order chi connectivity index (χ0) is 17.3. The van der Waals surface area contributed by atoms with Crippen molar-refractivity contribution in [3.05, 3.63) is 29.8 Å². The van der Waals surface area contributed by atoms with Crippen molar-refractivity contribution in [2.45, 2.75) is 55.4 Å². The number of carbonyl (C=O) groups excluding carboxylic acids is 1. The van der Waals surface area contributed by atoms with Gasteiger partial charge >= 0.3 is 6.09 Å². The van der Waals surface area contributed by atoms with Gasteiger partial charge in [0.2, 0.25) is 0 Å².